The van der Waals surface area contributed by atoms with Gasteiger partial charge in [-0.25, -0.2) is 23.9 Å². The number of hydrogen-bond donors (Lipinski definition) is 3. The van der Waals surface area contributed by atoms with Gasteiger partial charge in [-0.2, -0.15) is 5.26 Å². The van der Waals surface area contributed by atoms with Crippen molar-refractivity contribution in [3.63, 3.8) is 0 Å². The number of nitrogens with one attached hydrogen (secondary N) is 1. The lowest BCUT2D eigenvalue weighted by Gasteiger charge is -2.32. The van der Waals surface area contributed by atoms with Crippen molar-refractivity contribution < 1.29 is 36.6 Å². The molecule has 3 heterocycles. The van der Waals surface area contributed by atoms with E-state index in [0.29, 0.717) is 17.5 Å². The number of carbonyl (C=O) groups is 2. The smallest absolute Gasteiger partial charge is 0.328 e. The maximum absolute atomic E-state index is 13.9. The third kappa shape index (κ3) is 7.71. The molecule has 1 unspecified atom stereocenters. The van der Waals surface area contributed by atoms with E-state index in [2.05, 4.69) is 9.97 Å². The minimum absolute atomic E-state index is 0.0140. The molecule has 0 bridgehead atoms. The van der Waals surface area contributed by atoms with E-state index in [1.54, 1.807) is 6.07 Å². The Labute approximate surface area is 221 Å². The lowest BCUT2D eigenvalue weighted by atomic mass is 10.0. The normalized spacial score (nSPS) is 22.7. The van der Waals surface area contributed by atoms with Crippen molar-refractivity contribution in [1.29, 1.82) is 5.26 Å². The summed E-state index contributed by atoms with van der Waals surface area (Å²) in [5, 5.41) is 25.0. The molecule has 0 aliphatic carbocycles. The number of piperidine rings is 1. The Balaban J connectivity index is 0.000000583. The van der Waals surface area contributed by atoms with Gasteiger partial charge >= 0.3 is 11.9 Å². The summed E-state index contributed by atoms with van der Waals surface area (Å²) in [6.45, 7) is -2.85. The van der Waals surface area contributed by atoms with Gasteiger partial charge in [-0.15, -0.1) is 11.3 Å². The molecule has 1 aliphatic heterocycles. The molecule has 12 heteroatoms. The molecule has 4 rings (SSSR count). The van der Waals surface area contributed by atoms with Crippen molar-refractivity contribution in [3.05, 3.63) is 64.0 Å². The number of aromatic nitrogens is 2. The molecule has 1 aromatic carbocycles. The number of aliphatic carboxylic acids is 2. The molecule has 35 heavy (non-hydrogen) atoms. The molecular weight excluding hydrogens is 497 g/mol. The molecule has 3 aromatic rings. The molecule has 0 spiro atoms. The van der Waals surface area contributed by atoms with Crippen LogP contribution in [0.2, 0.25) is 5.75 Å². The number of benzene rings is 1. The molecule has 0 radical (unpaired) electrons. The monoisotopic (exact) mass is 526 g/mol. The van der Waals surface area contributed by atoms with Gasteiger partial charge in [-0.05, 0) is 36.5 Å². The molecule has 2 aromatic heterocycles. The molecule has 1 fully saturated rings. The summed E-state index contributed by atoms with van der Waals surface area (Å²) in [4.78, 5) is 28.3. The first-order valence-electron chi connectivity index (χ1n) is 14.0. The summed E-state index contributed by atoms with van der Waals surface area (Å²) >= 11 is 6.95. The zero-order valence-corrected chi connectivity index (χ0v) is 19.1. The van der Waals surface area contributed by atoms with Gasteiger partial charge in [0, 0.05) is 44.6 Å². The average Bonchev–Trinajstić information content (AvgIpc) is 3.23. The van der Waals surface area contributed by atoms with Crippen LogP contribution in [0, 0.1) is 17.1 Å². The highest BCUT2D eigenvalue weighted by Crippen LogP contribution is 2.32. The first-order chi connectivity index (χ1) is 20.3. The van der Waals surface area contributed by atoms with Crippen LogP contribution in [-0.2, 0) is 16.1 Å². The summed E-state index contributed by atoms with van der Waals surface area (Å²) in [5.74, 6) is -3.94. The van der Waals surface area contributed by atoms with E-state index in [9.17, 15) is 14.0 Å². The van der Waals surface area contributed by atoms with Crippen molar-refractivity contribution in [2.75, 3.05) is 18.4 Å². The van der Waals surface area contributed by atoms with Gasteiger partial charge in [-0.1, -0.05) is 17.7 Å². The number of rotatable bonds is 6. The van der Waals surface area contributed by atoms with E-state index >= 15 is 0 Å². The van der Waals surface area contributed by atoms with Crippen LogP contribution >= 0.6 is 22.9 Å². The molecule has 1 saturated heterocycles. The standard InChI is InChI=1S/C19H17ClFN5S.C4H4O4/c20-17-8-15-18(23-11-24-19(15)27-17)25-14-3-5-26(6-4-14)10-12-1-2-16(21)13(7-12)9-22;5-3(6)1-2-4(7)8/h1-2,7-8,11,14H,3-6,10H2,(H,23,24,25);1-2H,(H,5,6)(H,7,8)/b;2-1-/i2D,3D2,4D2,8D,10D,14D;/hD. The Kier molecular flexibility index (Phi) is 5.63. The minimum atomic E-state index is -2.89. The number of nitrogens with zero attached hydrogens (tertiary/aromatic N) is 4. The van der Waals surface area contributed by atoms with Gasteiger partial charge in [0.15, 0.2) is 1.41 Å². The Morgan fingerprint density at radius 1 is 1.46 bits per heavy atom. The van der Waals surface area contributed by atoms with Gasteiger partial charge in [0.2, 0.25) is 0 Å². The van der Waals surface area contributed by atoms with Gasteiger partial charge in [0.25, 0.3) is 0 Å². The van der Waals surface area contributed by atoms with Gasteiger partial charge in [0.05, 0.1) is 19.4 Å². The summed E-state index contributed by atoms with van der Waals surface area (Å²) in [6.07, 6.45) is -3.40. The minimum Gasteiger partial charge on any atom is -0.478 e. The van der Waals surface area contributed by atoms with E-state index in [4.69, 9.17) is 39.5 Å². The lowest BCUT2D eigenvalue weighted by molar-refractivity contribution is -0.134. The average molecular weight is 527 g/mol. The molecule has 1 atom stereocenters. The zero-order valence-electron chi connectivity index (χ0n) is 26.5. The van der Waals surface area contributed by atoms with Crippen LogP contribution in [0.15, 0.2) is 42.7 Å². The van der Waals surface area contributed by atoms with E-state index in [1.165, 1.54) is 0 Å². The maximum Gasteiger partial charge on any atom is 0.328 e. The molecular formula is C23H21ClFN5O4S. The van der Waals surface area contributed by atoms with Crippen LogP contribution in [0.4, 0.5) is 10.2 Å². The van der Waals surface area contributed by atoms with Gasteiger partial charge < -0.3 is 15.5 Å². The number of thiophene rings is 1. The number of hydrogen-bond acceptors (Lipinski definition) is 8. The fourth-order valence-electron chi connectivity index (χ4n) is 2.59. The van der Waals surface area contributed by atoms with Gasteiger partial charge in [0.1, 0.15) is 28.9 Å². The highest BCUT2D eigenvalue weighted by Gasteiger charge is 2.21. The largest absolute Gasteiger partial charge is 0.478 e. The topological polar surface area (TPSA) is 139 Å². The second kappa shape index (κ2) is 12.2. The number of anilines is 1. The quantitative estimate of drug-likeness (QED) is 0.404. The number of halogens is 2. The first-order valence-corrected chi connectivity index (χ1v) is 10.7. The molecule has 0 saturated carbocycles. The van der Waals surface area contributed by atoms with Gasteiger partial charge in [-0.3, -0.25) is 4.90 Å². The van der Waals surface area contributed by atoms with E-state index in [0.717, 1.165) is 34.7 Å². The SMILES string of the molecule is O=C(O)/C=C\C(=O)O.[2H]c1cc(C([2H])N2CC([2H])([2H])C([2H])(N([2H])c3ncnc4sc(Cl)c([2H])c34)C([2H])([2H])C2)cc(C#N)c1F. The Morgan fingerprint density at radius 2 is 2.14 bits per heavy atom. The Hall–Kier alpha value is -3.59. The highest BCUT2D eigenvalue weighted by molar-refractivity contribution is 7.22. The van der Waals surface area contributed by atoms with E-state index < -0.39 is 67.7 Å². The molecule has 0 amide bonds. The second-order valence-corrected chi connectivity index (χ2v) is 8.11. The summed E-state index contributed by atoms with van der Waals surface area (Å²) in [6, 6.07) is -0.109. The number of nitriles is 1. The van der Waals surface area contributed by atoms with Crippen LogP contribution in [0.3, 0.4) is 0 Å². The lowest BCUT2D eigenvalue weighted by Crippen LogP contribution is -2.38. The Morgan fingerprint density at radius 3 is 2.77 bits per heavy atom. The third-order valence-electron chi connectivity index (χ3n) is 4.05. The first kappa shape index (κ1) is 16.1. The van der Waals surface area contributed by atoms with Crippen molar-refractivity contribution in [1.82, 2.24) is 14.9 Å². The van der Waals surface area contributed by atoms with Crippen molar-refractivity contribution in [2.45, 2.75) is 25.3 Å². The van der Waals surface area contributed by atoms with Crippen LogP contribution in [0.5, 0.6) is 0 Å². The van der Waals surface area contributed by atoms with E-state index in [1.807, 2.05) is 0 Å². The second-order valence-electron chi connectivity index (χ2n) is 6.51. The van der Waals surface area contributed by atoms with Crippen molar-refractivity contribution >= 4 is 50.9 Å². The van der Waals surface area contributed by atoms with E-state index in [-0.39, 0.29) is 32.0 Å². The highest BCUT2D eigenvalue weighted by atomic mass is 35.5. The third-order valence-corrected chi connectivity index (χ3v) is 5.16. The number of fused-ring (bicyclic) bond motifs is 1. The van der Waals surface area contributed by atoms with Crippen LogP contribution < -0.4 is 5.31 Å². The van der Waals surface area contributed by atoms with Crippen molar-refractivity contribution in [3.8, 4) is 6.07 Å². The van der Waals surface area contributed by atoms with Crippen molar-refractivity contribution in [2.24, 2.45) is 0 Å². The Bertz CT molecular complexity index is 1660. The fraction of sp³-hybridized carbons (Fsp3) is 0.261. The predicted octanol–water partition coefficient (Wildman–Crippen LogP) is 4.14. The number of likely N-dealkylation sites (tertiary alicyclic amines) is 1. The molecule has 182 valence electrons. The molecule has 3 N–H and O–H groups in total. The number of carboxylic acid groups (broad SMARTS) is 2. The fourth-order valence-corrected chi connectivity index (χ4v) is 3.57. The predicted molar refractivity (Wildman–Crippen MR) is 130 cm³/mol. The molecule has 1 aliphatic rings. The van der Waals surface area contributed by atoms with Crippen LogP contribution in [0.25, 0.3) is 10.2 Å². The summed E-state index contributed by atoms with van der Waals surface area (Å²) in [5.41, 5.74) is -0.493. The van der Waals surface area contributed by atoms with Crippen LogP contribution in [-0.4, -0.2) is 56.1 Å². The van der Waals surface area contributed by atoms with Crippen LogP contribution in [0.1, 0.15) is 34.8 Å². The summed E-state index contributed by atoms with van der Waals surface area (Å²) < 4.78 is 90.4. The molecule has 9 nitrogen and oxygen atoms in total. The zero-order chi connectivity index (χ0) is 33.4. The maximum atomic E-state index is 13.9. The number of carboxylic acids is 2. The summed E-state index contributed by atoms with van der Waals surface area (Å²) in [7, 11) is 0.